The van der Waals surface area contributed by atoms with Gasteiger partial charge in [0.1, 0.15) is 0 Å². The van der Waals surface area contributed by atoms with E-state index in [9.17, 15) is 5.11 Å². The van der Waals surface area contributed by atoms with E-state index < -0.39 is 0 Å². The van der Waals surface area contributed by atoms with Crippen LogP contribution in [-0.2, 0) is 0 Å². The molecule has 1 atom stereocenters. The average Bonchev–Trinajstić information content (AvgIpc) is 2.05. The van der Waals surface area contributed by atoms with Crippen molar-refractivity contribution >= 4 is 12.4 Å². The topological polar surface area (TPSA) is 20.2 Å². The van der Waals surface area contributed by atoms with Gasteiger partial charge in [0.2, 0.25) is 0 Å². The summed E-state index contributed by atoms with van der Waals surface area (Å²) in [4.78, 5) is 0. The van der Waals surface area contributed by atoms with E-state index in [0.717, 1.165) is 6.42 Å². The Balaban J connectivity index is 0.000001000. The number of aliphatic hydroxyl groups excluding tert-OH is 1. The Morgan fingerprint density at radius 3 is 2.27 bits per heavy atom. The van der Waals surface area contributed by atoms with Crippen molar-refractivity contribution in [3.8, 4) is 0 Å². The third-order valence-corrected chi connectivity index (χ3v) is 2.61. The molecule has 1 unspecified atom stereocenters. The molecular weight excluding hydrogens is 160 g/mol. The number of aliphatic hydroxyl groups is 1. The second kappa shape index (κ2) is 5.84. The van der Waals surface area contributed by atoms with Gasteiger partial charge in [-0.2, -0.15) is 0 Å². The Labute approximate surface area is 75.6 Å². The van der Waals surface area contributed by atoms with Crippen molar-refractivity contribution < 1.29 is 5.11 Å². The lowest BCUT2D eigenvalue weighted by molar-refractivity contribution is 0.0816. The van der Waals surface area contributed by atoms with Gasteiger partial charge in [0, 0.05) is 0 Å². The number of hydrogen-bond donors (Lipinski definition) is 1. The highest BCUT2D eigenvalue weighted by molar-refractivity contribution is 5.85. The highest BCUT2D eigenvalue weighted by Gasteiger charge is 2.19. The van der Waals surface area contributed by atoms with Gasteiger partial charge in [-0.25, -0.2) is 0 Å². The van der Waals surface area contributed by atoms with Crippen LogP contribution in [0.5, 0.6) is 0 Å². The van der Waals surface area contributed by atoms with Gasteiger partial charge in [-0.3, -0.25) is 0 Å². The van der Waals surface area contributed by atoms with Gasteiger partial charge >= 0.3 is 0 Å². The first-order valence-electron chi connectivity index (χ1n) is 4.52. The molecule has 0 aromatic carbocycles. The summed E-state index contributed by atoms with van der Waals surface area (Å²) in [6.07, 6.45) is 7.49. The van der Waals surface area contributed by atoms with Crippen LogP contribution in [0.1, 0.15) is 45.4 Å². The van der Waals surface area contributed by atoms with Crippen LogP contribution in [0.3, 0.4) is 0 Å². The molecule has 0 heterocycles. The van der Waals surface area contributed by atoms with Crippen LogP contribution in [0.4, 0.5) is 0 Å². The first-order chi connectivity index (χ1) is 4.84. The Morgan fingerprint density at radius 1 is 1.27 bits per heavy atom. The molecular formula is C9H19ClO. The van der Waals surface area contributed by atoms with E-state index in [2.05, 4.69) is 6.92 Å². The van der Waals surface area contributed by atoms with E-state index in [1.807, 2.05) is 0 Å². The molecule has 0 bridgehead atoms. The lowest BCUT2D eigenvalue weighted by atomic mass is 9.84. The molecule has 1 N–H and O–H groups in total. The third-order valence-electron chi connectivity index (χ3n) is 2.61. The molecule has 0 amide bonds. The average molecular weight is 179 g/mol. The molecule has 1 rings (SSSR count). The number of rotatable bonds is 2. The zero-order valence-corrected chi connectivity index (χ0v) is 8.07. The van der Waals surface area contributed by atoms with Crippen LogP contribution in [0, 0.1) is 5.92 Å². The molecule has 1 fully saturated rings. The quantitative estimate of drug-likeness (QED) is 0.690. The van der Waals surface area contributed by atoms with Crippen molar-refractivity contribution in [2.75, 3.05) is 0 Å². The van der Waals surface area contributed by atoms with E-state index in [4.69, 9.17) is 0 Å². The van der Waals surface area contributed by atoms with Gasteiger partial charge < -0.3 is 5.11 Å². The molecule has 11 heavy (non-hydrogen) atoms. The summed E-state index contributed by atoms with van der Waals surface area (Å²) in [7, 11) is 0. The van der Waals surface area contributed by atoms with Gasteiger partial charge in [0.05, 0.1) is 6.10 Å². The monoisotopic (exact) mass is 178 g/mol. The van der Waals surface area contributed by atoms with Crippen molar-refractivity contribution in [2.45, 2.75) is 51.6 Å². The van der Waals surface area contributed by atoms with E-state index in [0.29, 0.717) is 5.92 Å². The maximum Gasteiger partial charge on any atom is 0.0565 e. The Morgan fingerprint density at radius 2 is 1.82 bits per heavy atom. The lowest BCUT2D eigenvalue weighted by Gasteiger charge is -2.25. The van der Waals surface area contributed by atoms with Crippen molar-refractivity contribution in [3.05, 3.63) is 0 Å². The predicted octanol–water partition coefficient (Wildman–Crippen LogP) is 2.76. The SMILES string of the molecule is CCC(O)C1CCCCC1.Cl. The Kier molecular flexibility index (Phi) is 5.98. The van der Waals surface area contributed by atoms with Crippen LogP contribution in [-0.4, -0.2) is 11.2 Å². The van der Waals surface area contributed by atoms with Crippen molar-refractivity contribution in [1.29, 1.82) is 0 Å². The third kappa shape index (κ3) is 3.44. The minimum absolute atomic E-state index is 0. The van der Waals surface area contributed by atoms with Crippen molar-refractivity contribution in [1.82, 2.24) is 0 Å². The highest BCUT2D eigenvalue weighted by Crippen LogP contribution is 2.27. The van der Waals surface area contributed by atoms with Gasteiger partial charge in [-0.05, 0) is 25.2 Å². The molecule has 1 nitrogen and oxygen atoms in total. The van der Waals surface area contributed by atoms with Gasteiger partial charge in [0.25, 0.3) is 0 Å². The summed E-state index contributed by atoms with van der Waals surface area (Å²) in [6.45, 7) is 2.07. The van der Waals surface area contributed by atoms with Crippen molar-refractivity contribution in [2.24, 2.45) is 5.92 Å². The molecule has 0 radical (unpaired) electrons. The van der Waals surface area contributed by atoms with Crippen LogP contribution in [0.2, 0.25) is 0 Å². The van der Waals surface area contributed by atoms with Crippen LogP contribution < -0.4 is 0 Å². The predicted molar refractivity (Wildman–Crippen MR) is 50.1 cm³/mol. The largest absolute Gasteiger partial charge is 0.393 e. The maximum atomic E-state index is 9.48. The van der Waals surface area contributed by atoms with Gasteiger partial charge in [-0.15, -0.1) is 12.4 Å². The summed E-state index contributed by atoms with van der Waals surface area (Å²) in [5.41, 5.74) is 0. The molecule has 2 heteroatoms. The molecule has 1 aliphatic carbocycles. The smallest absolute Gasteiger partial charge is 0.0565 e. The summed E-state index contributed by atoms with van der Waals surface area (Å²) in [5, 5.41) is 9.48. The summed E-state index contributed by atoms with van der Waals surface area (Å²) in [5.74, 6) is 0.624. The second-order valence-corrected chi connectivity index (χ2v) is 3.37. The standard InChI is InChI=1S/C9H18O.ClH/c1-2-9(10)8-6-4-3-5-7-8;/h8-10H,2-7H2,1H3;1H. The Hall–Kier alpha value is 0.250. The van der Waals surface area contributed by atoms with Crippen LogP contribution in [0.15, 0.2) is 0 Å². The minimum atomic E-state index is -0.0136. The number of hydrogen-bond acceptors (Lipinski definition) is 1. The fourth-order valence-corrected chi connectivity index (χ4v) is 1.85. The summed E-state index contributed by atoms with van der Waals surface area (Å²) < 4.78 is 0. The van der Waals surface area contributed by atoms with E-state index in [1.54, 1.807) is 0 Å². The molecule has 0 saturated heterocycles. The first-order valence-corrected chi connectivity index (χ1v) is 4.52. The lowest BCUT2D eigenvalue weighted by Crippen LogP contribution is -2.21. The highest BCUT2D eigenvalue weighted by atomic mass is 35.5. The zero-order valence-electron chi connectivity index (χ0n) is 7.25. The molecule has 1 aliphatic rings. The molecule has 0 aromatic rings. The minimum Gasteiger partial charge on any atom is -0.393 e. The molecule has 0 aromatic heterocycles. The van der Waals surface area contributed by atoms with Gasteiger partial charge in [-0.1, -0.05) is 26.2 Å². The summed E-state index contributed by atoms with van der Waals surface area (Å²) in [6, 6.07) is 0. The molecule has 1 saturated carbocycles. The van der Waals surface area contributed by atoms with E-state index in [1.165, 1.54) is 32.1 Å². The maximum absolute atomic E-state index is 9.48. The van der Waals surface area contributed by atoms with Gasteiger partial charge in [0.15, 0.2) is 0 Å². The Bertz CT molecular complexity index is 89.6. The van der Waals surface area contributed by atoms with Crippen LogP contribution in [0.25, 0.3) is 0 Å². The molecule has 0 spiro atoms. The normalized spacial score (nSPS) is 22.4. The fourth-order valence-electron chi connectivity index (χ4n) is 1.85. The molecule has 0 aliphatic heterocycles. The van der Waals surface area contributed by atoms with Crippen LogP contribution >= 0.6 is 12.4 Å². The van der Waals surface area contributed by atoms with E-state index in [-0.39, 0.29) is 18.5 Å². The zero-order chi connectivity index (χ0) is 7.40. The fraction of sp³-hybridized carbons (Fsp3) is 1.00. The van der Waals surface area contributed by atoms with Crippen molar-refractivity contribution in [3.63, 3.8) is 0 Å². The number of halogens is 1. The van der Waals surface area contributed by atoms with E-state index >= 15 is 0 Å². The summed E-state index contributed by atoms with van der Waals surface area (Å²) >= 11 is 0. The first kappa shape index (κ1) is 11.2. The second-order valence-electron chi connectivity index (χ2n) is 3.37. The molecule has 68 valence electrons.